The smallest absolute Gasteiger partial charge is 0.208 e. The normalized spacial score (nSPS) is 11.7. The van der Waals surface area contributed by atoms with Crippen molar-refractivity contribution < 1.29 is 17.2 Å². The second-order valence-electron chi connectivity index (χ2n) is 6.28. The van der Waals surface area contributed by atoms with Crippen molar-refractivity contribution in [2.45, 2.75) is 9.79 Å². The monoisotopic (exact) mass is 449 g/mol. The summed E-state index contributed by atoms with van der Waals surface area (Å²) in [4.78, 5) is 3.81. The van der Waals surface area contributed by atoms with Crippen molar-refractivity contribution in [3.05, 3.63) is 88.5 Å². The Kier molecular flexibility index (Phi) is 5.02. The van der Waals surface area contributed by atoms with Crippen LogP contribution in [0.15, 0.2) is 76.7 Å². The van der Waals surface area contributed by atoms with Crippen molar-refractivity contribution in [3.63, 3.8) is 0 Å². The summed E-state index contributed by atoms with van der Waals surface area (Å²) in [5.74, 6) is -1.13. The number of halogens is 4. The zero-order valence-corrected chi connectivity index (χ0v) is 16.9. The number of aromatic nitrogens is 1. The fraction of sp³-hybridized carbons (Fsp3) is 0. The molecule has 0 fully saturated rings. The van der Waals surface area contributed by atoms with Gasteiger partial charge >= 0.3 is 0 Å². The van der Waals surface area contributed by atoms with Gasteiger partial charge in [-0.25, -0.2) is 17.2 Å². The van der Waals surface area contributed by atoms with Crippen molar-refractivity contribution in [3.8, 4) is 11.1 Å². The molecule has 1 aromatic heterocycles. The van der Waals surface area contributed by atoms with Crippen LogP contribution < -0.4 is 0 Å². The summed E-state index contributed by atoms with van der Waals surface area (Å²) in [5.41, 5.74) is 0.786. The molecule has 8 heteroatoms. The van der Waals surface area contributed by atoms with Crippen LogP contribution in [0.4, 0.5) is 8.78 Å². The SMILES string of the molecule is O=S(=O)(c1cc(Cl)cc(Cl)c1)c1cnc2ccc(F)cc2c1-c1cccc(F)c1. The van der Waals surface area contributed by atoms with E-state index in [9.17, 15) is 17.2 Å². The lowest BCUT2D eigenvalue weighted by molar-refractivity contribution is 0.596. The molecule has 0 aliphatic rings. The van der Waals surface area contributed by atoms with Crippen LogP contribution in [-0.4, -0.2) is 13.4 Å². The maximum atomic E-state index is 14.0. The molecule has 4 aromatic rings. The van der Waals surface area contributed by atoms with Crippen LogP contribution in [0.2, 0.25) is 10.0 Å². The third-order valence-electron chi connectivity index (χ3n) is 4.34. The van der Waals surface area contributed by atoms with Crippen molar-refractivity contribution >= 4 is 43.9 Å². The first-order valence-corrected chi connectivity index (χ1v) is 10.5. The molecule has 0 aliphatic carbocycles. The predicted octanol–water partition coefficient (Wildman–Crippen LogP) is 6.32. The molecule has 3 nitrogen and oxygen atoms in total. The van der Waals surface area contributed by atoms with Crippen LogP contribution in [-0.2, 0) is 9.84 Å². The molecule has 0 radical (unpaired) electrons. The summed E-state index contributed by atoms with van der Waals surface area (Å²) in [5, 5.41) is 0.524. The van der Waals surface area contributed by atoms with Crippen molar-refractivity contribution in [2.75, 3.05) is 0 Å². The van der Waals surface area contributed by atoms with Crippen LogP contribution in [0, 0.1) is 11.6 Å². The van der Waals surface area contributed by atoms with Crippen LogP contribution >= 0.6 is 23.2 Å². The first kappa shape index (κ1) is 19.8. The minimum absolute atomic E-state index is 0.142. The summed E-state index contributed by atoms with van der Waals surface area (Å²) in [6, 6.07) is 13.2. The van der Waals surface area contributed by atoms with Crippen molar-refractivity contribution in [1.82, 2.24) is 4.98 Å². The first-order valence-electron chi connectivity index (χ1n) is 8.31. The lowest BCUT2D eigenvalue weighted by atomic mass is 10.0. The van der Waals surface area contributed by atoms with Gasteiger partial charge in [0.15, 0.2) is 0 Å². The summed E-state index contributed by atoms with van der Waals surface area (Å²) in [6.45, 7) is 0. The van der Waals surface area contributed by atoms with Gasteiger partial charge in [0.05, 0.1) is 15.3 Å². The number of sulfone groups is 1. The van der Waals surface area contributed by atoms with Gasteiger partial charge < -0.3 is 0 Å². The number of nitrogens with zero attached hydrogens (tertiary/aromatic N) is 1. The minimum atomic E-state index is -4.16. The average Bonchev–Trinajstić information content (AvgIpc) is 2.66. The molecule has 0 N–H and O–H groups in total. The molecule has 3 aromatic carbocycles. The zero-order chi connectivity index (χ0) is 20.8. The van der Waals surface area contributed by atoms with E-state index in [-0.39, 0.29) is 36.3 Å². The maximum absolute atomic E-state index is 14.0. The highest BCUT2D eigenvalue weighted by Gasteiger charge is 2.26. The standard InChI is InChI=1S/C21H11Cl2F2NO2S/c22-13-7-14(23)9-17(8-13)29(27,28)20-11-26-19-5-4-16(25)10-18(19)21(20)12-2-1-3-15(24)6-12/h1-11H. The van der Waals surface area contributed by atoms with E-state index >= 15 is 0 Å². The van der Waals surface area contributed by atoms with Gasteiger partial charge in [-0.3, -0.25) is 4.98 Å². The lowest BCUT2D eigenvalue weighted by Gasteiger charge is -2.14. The lowest BCUT2D eigenvalue weighted by Crippen LogP contribution is -2.06. The summed E-state index contributed by atoms with van der Waals surface area (Å²) in [6.07, 6.45) is 1.17. The molecule has 0 unspecified atom stereocenters. The predicted molar refractivity (Wildman–Crippen MR) is 109 cm³/mol. The third kappa shape index (κ3) is 3.71. The fourth-order valence-corrected chi connectivity index (χ4v) is 5.26. The topological polar surface area (TPSA) is 47.0 Å². The first-order chi connectivity index (χ1) is 13.8. The van der Waals surface area contributed by atoms with Gasteiger partial charge in [-0.1, -0.05) is 35.3 Å². The molecule has 0 spiro atoms. The van der Waals surface area contributed by atoms with Gasteiger partial charge in [0, 0.05) is 27.2 Å². The Morgan fingerprint density at radius 3 is 2.21 bits per heavy atom. The Hall–Kier alpha value is -2.54. The third-order valence-corrected chi connectivity index (χ3v) is 6.53. The Labute approximate surface area is 175 Å². The van der Waals surface area contributed by atoms with Gasteiger partial charge in [0.1, 0.15) is 11.6 Å². The summed E-state index contributed by atoms with van der Waals surface area (Å²) >= 11 is 11.9. The highest BCUT2D eigenvalue weighted by atomic mass is 35.5. The van der Waals surface area contributed by atoms with Crippen LogP contribution in [0.3, 0.4) is 0 Å². The number of pyridine rings is 1. The zero-order valence-electron chi connectivity index (χ0n) is 14.5. The van der Waals surface area contributed by atoms with Gasteiger partial charge in [0.2, 0.25) is 9.84 Å². The molecule has 0 aliphatic heterocycles. The highest BCUT2D eigenvalue weighted by Crippen LogP contribution is 2.38. The van der Waals surface area contributed by atoms with Crippen molar-refractivity contribution in [1.29, 1.82) is 0 Å². The molecule has 0 saturated heterocycles. The van der Waals surface area contributed by atoms with E-state index in [1.807, 2.05) is 0 Å². The van der Waals surface area contributed by atoms with Crippen LogP contribution in [0.5, 0.6) is 0 Å². The molecule has 0 saturated carbocycles. The minimum Gasteiger partial charge on any atom is -0.255 e. The number of hydrogen-bond donors (Lipinski definition) is 0. The number of benzene rings is 3. The van der Waals surface area contributed by atoms with E-state index < -0.39 is 21.5 Å². The summed E-state index contributed by atoms with van der Waals surface area (Å²) < 4.78 is 54.7. The van der Waals surface area contributed by atoms with E-state index in [4.69, 9.17) is 23.2 Å². The molecule has 4 rings (SSSR count). The second kappa shape index (κ2) is 7.37. The average molecular weight is 450 g/mol. The van der Waals surface area contributed by atoms with Gasteiger partial charge in [-0.05, 0) is 54.1 Å². The quantitative estimate of drug-likeness (QED) is 0.367. The van der Waals surface area contributed by atoms with Crippen LogP contribution in [0.1, 0.15) is 0 Å². The number of fused-ring (bicyclic) bond motifs is 1. The number of rotatable bonds is 3. The van der Waals surface area contributed by atoms with E-state index in [1.54, 1.807) is 6.07 Å². The molecule has 29 heavy (non-hydrogen) atoms. The molecular formula is C21H11Cl2F2NO2S. The Bertz CT molecular complexity index is 1350. The van der Waals surface area contributed by atoms with E-state index in [2.05, 4.69) is 4.98 Å². The Morgan fingerprint density at radius 2 is 1.52 bits per heavy atom. The molecular weight excluding hydrogens is 439 g/mol. The van der Waals surface area contributed by atoms with E-state index in [1.165, 1.54) is 60.8 Å². The fourth-order valence-electron chi connectivity index (χ4n) is 3.10. The van der Waals surface area contributed by atoms with Gasteiger partial charge in [-0.2, -0.15) is 0 Å². The molecule has 0 bridgehead atoms. The summed E-state index contributed by atoms with van der Waals surface area (Å²) in [7, 11) is -4.16. The van der Waals surface area contributed by atoms with Gasteiger partial charge in [-0.15, -0.1) is 0 Å². The van der Waals surface area contributed by atoms with Crippen molar-refractivity contribution in [2.24, 2.45) is 0 Å². The highest BCUT2D eigenvalue weighted by molar-refractivity contribution is 7.91. The molecule has 1 heterocycles. The Balaban J connectivity index is 2.11. The van der Waals surface area contributed by atoms with E-state index in [0.717, 1.165) is 0 Å². The Morgan fingerprint density at radius 1 is 0.828 bits per heavy atom. The second-order valence-corrected chi connectivity index (χ2v) is 9.07. The van der Waals surface area contributed by atoms with E-state index in [0.29, 0.717) is 5.52 Å². The number of hydrogen-bond acceptors (Lipinski definition) is 3. The molecule has 0 amide bonds. The largest absolute Gasteiger partial charge is 0.255 e. The molecule has 146 valence electrons. The van der Waals surface area contributed by atoms with Gasteiger partial charge in [0.25, 0.3) is 0 Å². The maximum Gasteiger partial charge on any atom is 0.208 e. The van der Waals surface area contributed by atoms with Crippen LogP contribution in [0.25, 0.3) is 22.0 Å². The molecule has 0 atom stereocenters.